The van der Waals surface area contributed by atoms with Crippen LogP contribution in [-0.2, 0) is 4.79 Å². The molecular weight excluding hydrogens is 687 g/mol. The highest BCUT2D eigenvalue weighted by Gasteiger charge is 2.20. The standard InChI is InChI=1S/C52H99NO3/c1-3-5-7-9-11-13-15-17-18-19-20-21-22-23-24-25-26-27-28-29-30-31-32-33-34-36-37-39-41-43-45-47-51(55)50(49-54)53-52(56)48-46-44-42-40-38-35-16-14-12-10-8-6-4-2/h6,8,12,14,35,38,50-51,54-55H,3-5,7,9-11,13,15-34,36-37,39-49H2,1-2H3,(H,53,56)/b8-6-,14-12-,38-35-. The fourth-order valence-electron chi connectivity index (χ4n) is 7.85. The zero-order valence-electron chi connectivity index (χ0n) is 37.9. The van der Waals surface area contributed by atoms with Crippen LogP contribution in [0.3, 0.4) is 0 Å². The number of unbranched alkanes of at least 4 members (excludes halogenated alkanes) is 33. The summed E-state index contributed by atoms with van der Waals surface area (Å²) in [6, 6.07) is -0.551. The van der Waals surface area contributed by atoms with Crippen molar-refractivity contribution < 1.29 is 15.0 Å². The molecule has 3 N–H and O–H groups in total. The summed E-state index contributed by atoms with van der Waals surface area (Å²) < 4.78 is 0. The minimum Gasteiger partial charge on any atom is -0.394 e. The smallest absolute Gasteiger partial charge is 0.220 e. The quantitative estimate of drug-likeness (QED) is 0.0425. The van der Waals surface area contributed by atoms with Crippen LogP contribution >= 0.6 is 0 Å². The summed E-state index contributed by atoms with van der Waals surface area (Å²) in [6.07, 6.45) is 64.1. The van der Waals surface area contributed by atoms with Crippen LogP contribution in [0.1, 0.15) is 271 Å². The number of aliphatic hydroxyl groups is 2. The Hall–Kier alpha value is -1.39. The number of aliphatic hydroxyl groups excluding tert-OH is 2. The van der Waals surface area contributed by atoms with Gasteiger partial charge in [0.1, 0.15) is 0 Å². The zero-order chi connectivity index (χ0) is 40.7. The molecule has 0 aliphatic rings. The first-order chi connectivity index (χ1) is 27.7. The van der Waals surface area contributed by atoms with E-state index in [-0.39, 0.29) is 12.5 Å². The Morgan fingerprint density at radius 3 is 1.16 bits per heavy atom. The summed E-state index contributed by atoms with van der Waals surface area (Å²) >= 11 is 0. The maximum absolute atomic E-state index is 12.4. The van der Waals surface area contributed by atoms with Crippen molar-refractivity contribution in [3.05, 3.63) is 36.5 Å². The van der Waals surface area contributed by atoms with Crippen molar-refractivity contribution in [2.75, 3.05) is 6.61 Å². The Balaban J connectivity index is 3.41. The second-order valence-electron chi connectivity index (χ2n) is 17.2. The molecule has 0 aromatic carbocycles. The number of hydrogen-bond acceptors (Lipinski definition) is 3. The molecule has 56 heavy (non-hydrogen) atoms. The van der Waals surface area contributed by atoms with Gasteiger partial charge in [0.25, 0.3) is 0 Å². The average Bonchev–Trinajstić information content (AvgIpc) is 3.20. The third-order valence-electron chi connectivity index (χ3n) is 11.7. The molecule has 0 heterocycles. The van der Waals surface area contributed by atoms with Gasteiger partial charge in [-0.2, -0.15) is 0 Å². The lowest BCUT2D eigenvalue weighted by Gasteiger charge is -2.22. The maximum Gasteiger partial charge on any atom is 0.220 e. The number of rotatable bonds is 46. The molecule has 0 aliphatic carbocycles. The molecule has 0 bridgehead atoms. The Kier molecular flexibility index (Phi) is 46.8. The van der Waals surface area contributed by atoms with Crippen LogP contribution in [0.4, 0.5) is 0 Å². The molecule has 0 rings (SSSR count). The molecule has 0 saturated carbocycles. The van der Waals surface area contributed by atoms with Crippen molar-refractivity contribution in [2.24, 2.45) is 0 Å². The molecule has 2 unspecified atom stereocenters. The van der Waals surface area contributed by atoms with E-state index < -0.39 is 12.1 Å². The van der Waals surface area contributed by atoms with Crippen LogP contribution in [0.25, 0.3) is 0 Å². The number of amides is 1. The predicted molar refractivity (Wildman–Crippen MR) is 248 cm³/mol. The van der Waals surface area contributed by atoms with E-state index in [4.69, 9.17) is 0 Å². The van der Waals surface area contributed by atoms with Gasteiger partial charge in [-0.05, 0) is 44.9 Å². The highest BCUT2D eigenvalue weighted by atomic mass is 16.3. The van der Waals surface area contributed by atoms with E-state index in [0.29, 0.717) is 12.8 Å². The maximum atomic E-state index is 12.4. The topological polar surface area (TPSA) is 69.6 Å². The lowest BCUT2D eigenvalue weighted by molar-refractivity contribution is -0.123. The fourth-order valence-corrected chi connectivity index (χ4v) is 7.85. The highest BCUT2D eigenvalue weighted by Crippen LogP contribution is 2.17. The number of hydrogen-bond donors (Lipinski definition) is 3. The lowest BCUT2D eigenvalue weighted by Crippen LogP contribution is -2.45. The first kappa shape index (κ1) is 54.6. The number of allylic oxidation sites excluding steroid dienone is 6. The summed E-state index contributed by atoms with van der Waals surface area (Å²) in [7, 11) is 0. The van der Waals surface area contributed by atoms with Gasteiger partial charge in [0, 0.05) is 6.42 Å². The van der Waals surface area contributed by atoms with Crippen molar-refractivity contribution in [3.63, 3.8) is 0 Å². The fraction of sp³-hybridized carbons (Fsp3) is 0.865. The van der Waals surface area contributed by atoms with Crippen molar-refractivity contribution in [3.8, 4) is 0 Å². The normalized spacial score (nSPS) is 13.1. The van der Waals surface area contributed by atoms with Crippen LogP contribution in [0.15, 0.2) is 36.5 Å². The summed E-state index contributed by atoms with van der Waals surface area (Å²) in [5, 5.41) is 23.2. The highest BCUT2D eigenvalue weighted by molar-refractivity contribution is 5.76. The summed E-state index contributed by atoms with van der Waals surface area (Å²) in [5.41, 5.74) is 0. The second-order valence-corrected chi connectivity index (χ2v) is 17.2. The van der Waals surface area contributed by atoms with E-state index in [1.807, 2.05) is 0 Å². The van der Waals surface area contributed by atoms with E-state index in [9.17, 15) is 15.0 Å². The molecule has 0 aromatic heterocycles. The Bertz CT molecular complexity index is 851. The third-order valence-corrected chi connectivity index (χ3v) is 11.7. The summed E-state index contributed by atoms with van der Waals surface area (Å²) in [5.74, 6) is -0.0585. The molecule has 0 aromatic rings. The largest absolute Gasteiger partial charge is 0.394 e. The van der Waals surface area contributed by atoms with Gasteiger partial charge in [-0.1, -0.05) is 256 Å². The van der Waals surface area contributed by atoms with Gasteiger partial charge < -0.3 is 15.5 Å². The minimum atomic E-state index is -0.672. The van der Waals surface area contributed by atoms with E-state index in [1.54, 1.807) is 0 Å². The van der Waals surface area contributed by atoms with Gasteiger partial charge in [0.2, 0.25) is 5.91 Å². The van der Waals surface area contributed by atoms with Crippen LogP contribution in [-0.4, -0.2) is 34.9 Å². The average molecular weight is 786 g/mol. The van der Waals surface area contributed by atoms with Crippen LogP contribution in [0, 0.1) is 0 Å². The van der Waals surface area contributed by atoms with Crippen molar-refractivity contribution in [1.82, 2.24) is 5.32 Å². The Labute approximate surface area is 351 Å². The van der Waals surface area contributed by atoms with Crippen molar-refractivity contribution in [2.45, 2.75) is 283 Å². The van der Waals surface area contributed by atoms with Crippen molar-refractivity contribution >= 4 is 5.91 Å². The van der Waals surface area contributed by atoms with Crippen LogP contribution in [0.5, 0.6) is 0 Å². The number of carbonyl (C=O) groups excluding carboxylic acids is 1. The van der Waals surface area contributed by atoms with Crippen LogP contribution < -0.4 is 5.32 Å². The minimum absolute atomic E-state index is 0.0585. The molecular formula is C52H99NO3. The summed E-state index contributed by atoms with van der Waals surface area (Å²) in [4.78, 5) is 12.4. The molecule has 4 heteroatoms. The molecule has 4 nitrogen and oxygen atoms in total. The molecule has 2 atom stereocenters. The molecule has 0 saturated heterocycles. The Morgan fingerprint density at radius 1 is 0.446 bits per heavy atom. The van der Waals surface area contributed by atoms with Crippen LogP contribution in [0.2, 0.25) is 0 Å². The lowest BCUT2D eigenvalue weighted by atomic mass is 10.0. The Morgan fingerprint density at radius 2 is 0.786 bits per heavy atom. The first-order valence-electron chi connectivity index (χ1n) is 25.2. The van der Waals surface area contributed by atoms with Gasteiger partial charge >= 0.3 is 0 Å². The van der Waals surface area contributed by atoms with Gasteiger partial charge in [-0.15, -0.1) is 0 Å². The summed E-state index contributed by atoms with van der Waals surface area (Å²) in [6.45, 7) is 4.25. The van der Waals surface area contributed by atoms with Crippen molar-refractivity contribution in [1.29, 1.82) is 0 Å². The molecule has 0 aliphatic heterocycles. The predicted octanol–water partition coefficient (Wildman–Crippen LogP) is 16.1. The number of nitrogens with one attached hydrogen (secondary N) is 1. The first-order valence-corrected chi connectivity index (χ1v) is 25.2. The van der Waals surface area contributed by atoms with Gasteiger partial charge in [0.05, 0.1) is 18.8 Å². The molecule has 0 spiro atoms. The zero-order valence-corrected chi connectivity index (χ0v) is 37.9. The van der Waals surface area contributed by atoms with E-state index in [1.165, 1.54) is 186 Å². The SMILES string of the molecule is CC/C=C\C/C=C\C/C=C\CCCCCC(=O)NC(CO)C(O)CCCCCCCCCCCCCCCCCCCCCCCCCCCCCCCCC. The van der Waals surface area contributed by atoms with E-state index >= 15 is 0 Å². The molecule has 1 amide bonds. The monoisotopic (exact) mass is 786 g/mol. The second kappa shape index (κ2) is 48.0. The van der Waals surface area contributed by atoms with E-state index in [2.05, 4.69) is 55.6 Å². The molecule has 0 radical (unpaired) electrons. The third kappa shape index (κ3) is 43.7. The molecule has 0 fully saturated rings. The molecule has 330 valence electrons. The van der Waals surface area contributed by atoms with Gasteiger partial charge in [-0.3, -0.25) is 4.79 Å². The van der Waals surface area contributed by atoms with Gasteiger partial charge in [-0.25, -0.2) is 0 Å². The van der Waals surface area contributed by atoms with Gasteiger partial charge in [0.15, 0.2) is 0 Å². The number of carbonyl (C=O) groups is 1. The van der Waals surface area contributed by atoms with E-state index in [0.717, 1.165) is 57.8 Å².